The Hall–Kier alpha value is 0.100. The van der Waals surface area contributed by atoms with Crippen molar-refractivity contribution in [3.8, 4) is 0 Å². The van der Waals surface area contributed by atoms with Crippen LogP contribution in [-0.2, 0) is 4.57 Å². The van der Waals surface area contributed by atoms with Gasteiger partial charge in [0, 0.05) is 0 Å². The van der Waals surface area contributed by atoms with Crippen LogP contribution in [-0.4, -0.2) is 0 Å². The highest BCUT2D eigenvalue weighted by atomic mass is 31.0. The van der Waals surface area contributed by atoms with Gasteiger partial charge in [-0.2, -0.15) is 0 Å². The lowest BCUT2D eigenvalue weighted by atomic mass is 9.66. The second-order valence-corrected chi connectivity index (χ2v) is 3.38. The van der Waals surface area contributed by atoms with Gasteiger partial charge in [-0.15, -0.1) is 0 Å². The summed E-state index contributed by atoms with van der Waals surface area (Å²) < 4.78 is 8.06. The van der Waals surface area contributed by atoms with Gasteiger partial charge in [-0.25, -0.2) is 0 Å². The van der Waals surface area contributed by atoms with Crippen molar-refractivity contribution in [2.24, 2.45) is 11.8 Å². The fourth-order valence-electron chi connectivity index (χ4n) is 2.21. The molecule has 2 aliphatic rings. The molecule has 58 valence electrons. The monoisotopic (exact) mass is 158 g/mol. The van der Waals surface area contributed by atoms with Gasteiger partial charge in [0.25, 0.3) is 0 Å². The third-order valence-corrected chi connectivity index (χ3v) is 2.97. The fraction of sp³-hybridized carbons (Fsp3) is 1.00. The van der Waals surface area contributed by atoms with Gasteiger partial charge in [-0.1, -0.05) is 25.7 Å². The Balaban J connectivity index is 0.000000231. The van der Waals surface area contributed by atoms with Crippen molar-refractivity contribution >= 4 is 9.12 Å². The molecule has 0 spiro atoms. The molecule has 0 aromatic heterocycles. The maximum atomic E-state index is 8.06. The molecule has 0 N–H and O–H groups in total. The average molecular weight is 158 g/mol. The van der Waals surface area contributed by atoms with Crippen LogP contribution in [0.2, 0.25) is 0 Å². The van der Waals surface area contributed by atoms with E-state index in [-0.39, 0.29) is 0 Å². The summed E-state index contributed by atoms with van der Waals surface area (Å²) in [5.41, 5.74) is 0. The highest BCUT2D eigenvalue weighted by Crippen LogP contribution is 2.44. The summed E-state index contributed by atoms with van der Waals surface area (Å²) in [5.74, 6) is 2.37. The maximum absolute atomic E-state index is 8.06. The minimum Gasteiger partial charge on any atom is -0.279 e. The van der Waals surface area contributed by atoms with Crippen molar-refractivity contribution in [1.29, 1.82) is 0 Å². The Morgan fingerprint density at radius 3 is 1.40 bits per heavy atom. The summed E-state index contributed by atoms with van der Waals surface area (Å²) in [4.78, 5) is 0. The van der Waals surface area contributed by atoms with Crippen LogP contribution in [0, 0.1) is 11.8 Å². The number of hydrogen-bond donors (Lipinski definition) is 0. The van der Waals surface area contributed by atoms with Crippen LogP contribution in [0.25, 0.3) is 0 Å². The number of hydrogen-bond acceptors (Lipinski definition) is 1. The molecule has 2 saturated carbocycles. The van der Waals surface area contributed by atoms with Gasteiger partial charge in [0.05, 0.1) is 0 Å². The highest BCUT2D eigenvalue weighted by molar-refractivity contribution is 7.00. The molecular formula is C8H15OP. The predicted octanol–water partition coefficient (Wildman–Crippen LogP) is 3.06. The third-order valence-electron chi connectivity index (χ3n) is 2.97. The Labute approximate surface area is 64.8 Å². The normalized spacial score (nSPS) is 36.4. The largest absolute Gasteiger partial charge is 0.279 e. The SMILES string of the molecule is C1CCC2CCC2C1.O=P. The minimum absolute atomic E-state index is 1.18. The summed E-state index contributed by atoms with van der Waals surface area (Å²) in [5, 5.41) is 0. The smallest absolute Gasteiger partial charge is 0.138 e. The van der Waals surface area contributed by atoms with Crippen LogP contribution < -0.4 is 0 Å². The molecule has 1 nitrogen and oxygen atoms in total. The zero-order valence-electron chi connectivity index (χ0n) is 6.31. The van der Waals surface area contributed by atoms with Crippen molar-refractivity contribution in [2.45, 2.75) is 38.5 Å². The van der Waals surface area contributed by atoms with E-state index >= 15 is 0 Å². The Bertz CT molecular complexity index is 93.4. The van der Waals surface area contributed by atoms with Crippen molar-refractivity contribution < 1.29 is 4.57 Å². The van der Waals surface area contributed by atoms with Crippen LogP contribution in [0.5, 0.6) is 0 Å². The first-order valence-electron chi connectivity index (χ1n) is 4.17. The first kappa shape index (κ1) is 8.20. The van der Waals surface area contributed by atoms with E-state index in [2.05, 4.69) is 0 Å². The van der Waals surface area contributed by atoms with Crippen LogP contribution in [0.15, 0.2) is 0 Å². The molecule has 10 heavy (non-hydrogen) atoms. The van der Waals surface area contributed by atoms with Crippen molar-refractivity contribution in [1.82, 2.24) is 0 Å². The molecule has 0 heterocycles. The molecule has 2 heteroatoms. The molecule has 0 bridgehead atoms. The molecule has 0 amide bonds. The summed E-state index contributed by atoms with van der Waals surface area (Å²) in [6.07, 6.45) is 9.30. The van der Waals surface area contributed by atoms with Crippen LogP contribution in [0.3, 0.4) is 0 Å². The van der Waals surface area contributed by atoms with Crippen LogP contribution in [0.1, 0.15) is 38.5 Å². The Morgan fingerprint density at radius 2 is 1.20 bits per heavy atom. The molecule has 2 aliphatic carbocycles. The lowest BCUT2D eigenvalue weighted by molar-refractivity contribution is 0.115. The Morgan fingerprint density at radius 1 is 0.800 bits per heavy atom. The first-order valence-corrected chi connectivity index (χ1v) is 4.58. The second-order valence-electron chi connectivity index (χ2n) is 3.38. The van der Waals surface area contributed by atoms with Crippen molar-refractivity contribution in [3.63, 3.8) is 0 Å². The molecule has 2 unspecified atom stereocenters. The van der Waals surface area contributed by atoms with E-state index in [1.54, 1.807) is 34.8 Å². The fourth-order valence-corrected chi connectivity index (χ4v) is 2.21. The summed E-state index contributed by atoms with van der Waals surface area (Å²) in [6.45, 7) is 0. The van der Waals surface area contributed by atoms with Gasteiger partial charge in [0.2, 0.25) is 0 Å². The molecule has 2 rings (SSSR count). The van der Waals surface area contributed by atoms with Gasteiger partial charge in [-0.05, 0) is 24.7 Å². The molecule has 2 atom stereocenters. The summed E-state index contributed by atoms with van der Waals surface area (Å²) >= 11 is 0. The van der Waals surface area contributed by atoms with Gasteiger partial charge in [-0.3, -0.25) is 4.57 Å². The third kappa shape index (κ3) is 1.58. The van der Waals surface area contributed by atoms with Crippen LogP contribution >= 0.6 is 9.12 Å². The highest BCUT2D eigenvalue weighted by Gasteiger charge is 2.31. The van der Waals surface area contributed by atoms with Gasteiger partial charge in [0.1, 0.15) is 9.12 Å². The predicted molar refractivity (Wildman–Crippen MR) is 43.7 cm³/mol. The van der Waals surface area contributed by atoms with E-state index in [0.29, 0.717) is 0 Å². The molecule has 0 saturated heterocycles. The quantitative estimate of drug-likeness (QED) is 0.495. The van der Waals surface area contributed by atoms with Gasteiger partial charge >= 0.3 is 0 Å². The van der Waals surface area contributed by atoms with E-state index in [0.717, 1.165) is 0 Å². The standard InChI is InChI=1S/C8H14.HOP/c1-2-4-8-6-5-7(8)3-1;1-2/h7-8H,1-6H2;2H. The summed E-state index contributed by atoms with van der Waals surface area (Å²) in [6, 6.07) is 0. The molecular weight excluding hydrogens is 143 g/mol. The minimum atomic E-state index is 1.18. The number of fused-ring (bicyclic) bond motifs is 1. The van der Waals surface area contributed by atoms with Crippen molar-refractivity contribution in [3.05, 3.63) is 0 Å². The molecule has 0 radical (unpaired) electrons. The second kappa shape index (κ2) is 4.08. The first-order chi connectivity index (χ1) is 4.97. The lowest BCUT2D eigenvalue weighted by Gasteiger charge is -2.40. The van der Waals surface area contributed by atoms with E-state index in [4.69, 9.17) is 4.57 Å². The maximum Gasteiger partial charge on any atom is 0.138 e. The molecule has 0 aromatic rings. The zero-order valence-corrected chi connectivity index (χ0v) is 7.31. The van der Waals surface area contributed by atoms with Gasteiger partial charge in [0.15, 0.2) is 0 Å². The van der Waals surface area contributed by atoms with Crippen LogP contribution in [0.4, 0.5) is 0 Å². The lowest BCUT2D eigenvalue weighted by Crippen LogP contribution is -2.28. The van der Waals surface area contributed by atoms with E-state index in [1.807, 2.05) is 0 Å². The summed E-state index contributed by atoms with van der Waals surface area (Å²) in [7, 11) is 1.72. The van der Waals surface area contributed by atoms with E-state index in [9.17, 15) is 0 Å². The van der Waals surface area contributed by atoms with E-state index < -0.39 is 0 Å². The van der Waals surface area contributed by atoms with Crippen molar-refractivity contribution in [2.75, 3.05) is 0 Å². The van der Waals surface area contributed by atoms with Gasteiger partial charge < -0.3 is 0 Å². The Kier molecular flexibility index (Phi) is 3.34. The number of rotatable bonds is 0. The average Bonchev–Trinajstić information content (AvgIpc) is 1.96. The topological polar surface area (TPSA) is 17.1 Å². The zero-order chi connectivity index (χ0) is 7.40. The molecule has 0 aromatic carbocycles. The molecule has 2 fully saturated rings. The van der Waals surface area contributed by atoms with E-state index in [1.165, 1.54) is 24.7 Å². The molecule has 0 aliphatic heterocycles.